The molecule has 1 aliphatic carbocycles. The van der Waals surface area contributed by atoms with E-state index in [4.69, 9.17) is 5.73 Å². The lowest BCUT2D eigenvalue weighted by Gasteiger charge is -2.19. The van der Waals surface area contributed by atoms with Gasteiger partial charge in [0.1, 0.15) is 5.78 Å². The quantitative estimate of drug-likeness (QED) is 0.849. The second-order valence-corrected chi connectivity index (χ2v) is 6.53. The maximum absolute atomic E-state index is 12.4. The van der Waals surface area contributed by atoms with Crippen molar-refractivity contribution in [1.82, 2.24) is 0 Å². The van der Waals surface area contributed by atoms with Gasteiger partial charge in [-0.05, 0) is 31.4 Å². The molecular weight excluding hydrogens is 242 g/mol. The van der Waals surface area contributed by atoms with E-state index in [1.165, 1.54) is 22.6 Å². The molecule has 0 bridgehead atoms. The Balaban J connectivity index is 1.97. The van der Waals surface area contributed by atoms with Gasteiger partial charge in [0.2, 0.25) is 0 Å². The highest BCUT2D eigenvalue weighted by molar-refractivity contribution is 7.12. The molecule has 0 aliphatic heterocycles. The number of carbonyl (C=O) groups is 1. The summed E-state index contributed by atoms with van der Waals surface area (Å²) in [6.45, 7) is 2.15. The lowest BCUT2D eigenvalue weighted by Crippen LogP contribution is -2.35. The minimum atomic E-state index is 0.0885. The van der Waals surface area contributed by atoms with Gasteiger partial charge in [0, 0.05) is 28.1 Å². The second-order valence-electron chi connectivity index (χ2n) is 5.27. The normalized spacial score (nSPS) is 24.8. The number of thiophene rings is 1. The fourth-order valence-corrected chi connectivity index (χ4v) is 3.71. The average Bonchev–Trinajstić information content (AvgIpc) is 2.69. The lowest BCUT2D eigenvalue weighted by atomic mass is 9.89. The van der Waals surface area contributed by atoms with Crippen LogP contribution in [0.1, 0.15) is 48.8 Å². The first-order chi connectivity index (χ1) is 8.70. The van der Waals surface area contributed by atoms with Crippen LogP contribution in [-0.4, -0.2) is 11.8 Å². The molecule has 2 unspecified atom stereocenters. The van der Waals surface area contributed by atoms with Crippen LogP contribution in [0.4, 0.5) is 0 Å². The maximum atomic E-state index is 12.4. The van der Waals surface area contributed by atoms with Crippen molar-refractivity contribution in [3.63, 3.8) is 0 Å². The zero-order chi connectivity index (χ0) is 13.0. The maximum Gasteiger partial charge on any atom is 0.142 e. The largest absolute Gasteiger partial charge is 0.327 e. The molecule has 0 radical (unpaired) electrons. The standard InChI is InChI=1S/C15H23NOS/c1-2-11-8-9-12(18-11)10-15(17)13-6-4-3-5-7-14(13)16/h8-9,13-14H,2-7,10,16H2,1H3. The van der Waals surface area contributed by atoms with Gasteiger partial charge in [0.15, 0.2) is 0 Å². The van der Waals surface area contributed by atoms with Crippen molar-refractivity contribution in [2.24, 2.45) is 11.7 Å². The van der Waals surface area contributed by atoms with E-state index in [9.17, 15) is 4.79 Å². The topological polar surface area (TPSA) is 43.1 Å². The molecular formula is C15H23NOS. The molecule has 1 aliphatic rings. The number of ketones is 1. The van der Waals surface area contributed by atoms with Crippen LogP contribution in [-0.2, 0) is 17.6 Å². The predicted octanol–water partition coefficient (Wildman–Crippen LogP) is 3.33. The first-order valence-corrected chi connectivity index (χ1v) is 7.88. The Labute approximate surface area is 114 Å². The minimum absolute atomic E-state index is 0.0885. The number of aryl methyl sites for hydroxylation is 1. The van der Waals surface area contributed by atoms with Crippen LogP contribution in [0, 0.1) is 5.92 Å². The van der Waals surface area contributed by atoms with Crippen LogP contribution in [0.3, 0.4) is 0 Å². The molecule has 1 saturated carbocycles. The minimum Gasteiger partial charge on any atom is -0.327 e. The molecule has 3 heteroatoms. The number of nitrogens with two attached hydrogens (primary N) is 1. The van der Waals surface area contributed by atoms with Crippen molar-refractivity contribution in [3.8, 4) is 0 Å². The smallest absolute Gasteiger partial charge is 0.142 e. The molecule has 2 atom stereocenters. The Morgan fingerprint density at radius 1 is 1.28 bits per heavy atom. The van der Waals surface area contributed by atoms with Gasteiger partial charge in [-0.3, -0.25) is 4.79 Å². The Hall–Kier alpha value is -0.670. The third kappa shape index (κ3) is 3.42. The third-order valence-corrected chi connectivity index (χ3v) is 5.13. The van der Waals surface area contributed by atoms with Crippen LogP contribution in [0.15, 0.2) is 12.1 Å². The number of hydrogen-bond donors (Lipinski definition) is 1. The lowest BCUT2D eigenvalue weighted by molar-refractivity contribution is -0.122. The molecule has 2 N–H and O–H groups in total. The van der Waals surface area contributed by atoms with E-state index < -0.39 is 0 Å². The van der Waals surface area contributed by atoms with Gasteiger partial charge >= 0.3 is 0 Å². The van der Waals surface area contributed by atoms with Crippen molar-refractivity contribution in [1.29, 1.82) is 0 Å². The molecule has 100 valence electrons. The second kappa shape index (κ2) is 6.48. The molecule has 0 spiro atoms. The van der Waals surface area contributed by atoms with E-state index in [2.05, 4.69) is 19.1 Å². The summed E-state index contributed by atoms with van der Waals surface area (Å²) < 4.78 is 0. The monoisotopic (exact) mass is 265 g/mol. The molecule has 1 fully saturated rings. The molecule has 1 aromatic rings. The van der Waals surface area contributed by atoms with Crippen LogP contribution < -0.4 is 5.73 Å². The van der Waals surface area contributed by atoms with E-state index in [-0.39, 0.29) is 12.0 Å². The average molecular weight is 265 g/mol. The van der Waals surface area contributed by atoms with Crippen molar-refractivity contribution < 1.29 is 4.79 Å². The van der Waals surface area contributed by atoms with E-state index in [0.29, 0.717) is 12.2 Å². The summed E-state index contributed by atoms with van der Waals surface area (Å²) in [5, 5.41) is 0. The van der Waals surface area contributed by atoms with E-state index in [1.54, 1.807) is 11.3 Å². The fourth-order valence-electron chi connectivity index (χ4n) is 2.75. The van der Waals surface area contributed by atoms with Crippen LogP contribution in [0.5, 0.6) is 0 Å². The predicted molar refractivity (Wildman–Crippen MR) is 77.0 cm³/mol. The highest BCUT2D eigenvalue weighted by Gasteiger charge is 2.26. The van der Waals surface area contributed by atoms with Crippen molar-refractivity contribution in [2.45, 2.75) is 57.9 Å². The van der Waals surface area contributed by atoms with Crippen molar-refractivity contribution in [2.75, 3.05) is 0 Å². The molecule has 18 heavy (non-hydrogen) atoms. The Bertz CT molecular complexity index is 399. The highest BCUT2D eigenvalue weighted by atomic mass is 32.1. The van der Waals surface area contributed by atoms with Gasteiger partial charge in [0.05, 0.1) is 0 Å². The van der Waals surface area contributed by atoms with Crippen molar-refractivity contribution in [3.05, 3.63) is 21.9 Å². The van der Waals surface area contributed by atoms with Gasteiger partial charge in [-0.15, -0.1) is 11.3 Å². The van der Waals surface area contributed by atoms with E-state index in [1.807, 2.05) is 0 Å². The summed E-state index contributed by atoms with van der Waals surface area (Å²) in [5.41, 5.74) is 6.15. The van der Waals surface area contributed by atoms with Crippen molar-refractivity contribution >= 4 is 17.1 Å². The highest BCUT2D eigenvalue weighted by Crippen LogP contribution is 2.25. The zero-order valence-electron chi connectivity index (χ0n) is 11.2. The molecule has 2 nitrogen and oxygen atoms in total. The van der Waals surface area contributed by atoms with Gasteiger partial charge in [-0.2, -0.15) is 0 Å². The molecule has 0 amide bonds. The molecule has 0 saturated heterocycles. The van der Waals surface area contributed by atoms with Crippen LogP contribution in [0.2, 0.25) is 0 Å². The number of Topliss-reactive ketones (excluding diaryl/α,β-unsaturated/α-hetero) is 1. The number of rotatable bonds is 4. The van der Waals surface area contributed by atoms with Gasteiger partial charge in [-0.25, -0.2) is 0 Å². The number of carbonyl (C=O) groups excluding carboxylic acids is 1. The van der Waals surface area contributed by atoms with E-state index in [0.717, 1.165) is 25.7 Å². The van der Waals surface area contributed by atoms with Crippen LogP contribution in [0.25, 0.3) is 0 Å². The SMILES string of the molecule is CCc1ccc(CC(=O)C2CCCCCC2N)s1. The van der Waals surface area contributed by atoms with Gasteiger partial charge < -0.3 is 5.73 Å². The van der Waals surface area contributed by atoms with Gasteiger partial charge in [-0.1, -0.05) is 26.2 Å². The summed E-state index contributed by atoms with van der Waals surface area (Å²) in [6, 6.07) is 4.33. The molecule has 1 aromatic heterocycles. The third-order valence-electron chi connectivity index (χ3n) is 3.90. The van der Waals surface area contributed by atoms with Gasteiger partial charge in [0.25, 0.3) is 0 Å². The summed E-state index contributed by atoms with van der Waals surface area (Å²) in [4.78, 5) is 14.9. The zero-order valence-corrected chi connectivity index (χ0v) is 12.0. The van der Waals surface area contributed by atoms with Crippen LogP contribution >= 0.6 is 11.3 Å². The first kappa shape index (κ1) is 13.8. The molecule has 0 aromatic carbocycles. The molecule has 2 rings (SSSR count). The molecule has 1 heterocycles. The summed E-state index contributed by atoms with van der Waals surface area (Å²) in [6.07, 6.45) is 7.23. The Kier molecular flexibility index (Phi) is 4.95. The summed E-state index contributed by atoms with van der Waals surface area (Å²) >= 11 is 1.77. The number of hydrogen-bond acceptors (Lipinski definition) is 3. The first-order valence-electron chi connectivity index (χ1n) is 7.06. The van der Waals surface area contributed by atoms with E-state index >= 15 is 0 Å². The fraction of sp³-hybridized carbons (Fsp3) is 0.667. The Morgan fingerprint density at radius 2 is 2.00 bits per heavy atom. The summed E-state index contributed by atoms with van der Waals surface area (Å²) in [7, 11) is 0. The summed E-state index contributed by atoms with van der Waals surface area (Å²) in [5.74, 6) is 0.452. The Morgan fingerprint density at radius 3 is 2.72 bits per heavy atom.